The Kier molecular flexibility index (Phi) is 7.66. The van der Waals surface area contributed by atoms with Crippen LogP contribution in [0, 0.1) is 22.3 Å². The monoisotopic (exact) mass is 485 g/mol. The largest absolute Gasteiger partial charge is 3.00 e. The molecule has 0 N–H and O–H groups in total. The standard InChI is InChI=1S/C22H33Si.2ClH.Zr/c1-14-11-15(20(2,3)4)12-16(14)22(8)13-17-18(21(5,6)7)19(22)23(17,9)10;;;/h11H,12H2,1-10H3;2*1H;/q-1;;;+3/p-2. The summed E-state index contributed by atoms with van der Waals surface area (Å²) in [6.07, 6.45) is 7.60. The first-order chi connectivity index (χ1) is 10.2. The van der Waals surface area contributed by atoms with Crippen LogP contribution in [0.25, 0.3) is 0 Å². The van der Waals surface area contributed by atoms with Gasteiger partial charge in [-0.15, -0.1) is 0 Å². The average molecular weight is 488 g/mol. The molecule has 0 saturated carbocycles. The number of hydrogen-bond acceptors (Lipinski definition) is 0. The maximum atomic E-state index is 4.01. The SMILES string of the molecule is CC1=C(C2(C)[C-]=C3C(C(C)(C)C)=C2[Si]3(C)C)CC(C(C)(C)C)=C1.[Cl-].[Cl-].[Zr+3]. The van der Waals surface area contributed by atoms with Gasteiger partial charge in [0.1, 0.15) is 0 Å². The van der Waals surface area contributed by atoms with Crippen LogP contribution < -0.4 is 24.8 Å². The number of hydrogen-bond donors (Lipinski definition) is 0. The van der Waals surface area contributed by atoms with Crippen molar-refractivity contribution in [1.82, 2.24) is 0 Å². The number of halogens is 2. The molecule has 2 heterocycles. The van der Waals surface area contributed by atoms with Gasteiger partial charge in [0.2, 0.25) is 0 Å². The Labute approximate surface area is 194 Å². The van der Waals surface area contributed by atoms with E-state index in [1.807, 2.05) is 0 Å². The molecule has 1 unspecified atom stereocenters. The molecular formula is C22H33Cl2SiZr. The van der Waals surface area contributed by atoms with Crippen LogP contribution in [0.15, 0.2) is 38.8 Å². The Morgan fingerprint density at radius 3 is 1.85 bits per heavy atom. The molecule has 2 aliphatic carbocycles. The smallest absolute Gasteiger partial charge is 1.00 e. The molecule has 1 radical (unpaired) electrons. The minimum atomic E-state index is -1.39. The molecule has 0 fully saturated rings. The van der Waals surface area contributed by atoms with Crippen LogP contribution in [-0.2, 0) is 26.2 Å². The van der Waals surface area contributed by atoms with Crippen molar-refractivity contribution in [3.63, 3.8) is 0 Å². The molecule has 0 amide bonds. The Balaban J connectivity index is 0.00000208. The van der Waals surface area contributed by atoms with Crippen molar-refractivity contribution in [2.24, 2.45) is 16.2 Å². The van der Waals surface area contributed by atoms with Gasteiger partial charge in [-0.25, -0.2) is 5.20 Å². The maximum Gasteiger partial charge on any atom is 3.00 e. The quantitative estimate of drug-likeness (QED) is 0.375. The molecule has 26 heavy (non-hydrogen) atoms. The van der Waals surface area contributed by atoms with E-state index in [4.69, 9.17) is 0 Å². The summed E-state index contributed by atoms with van der Waals surface area (Å²) in [6.45, 7) is 23.9. The minimum absolute atomic E-state index is 0. The van der Waals surface area contributed by atoms with Crippen molar-refractivity contribution >= 4 is 8.07 Å². The van der Waals surface area contributed by atoms with Crippen LogP contribution in [0.4, 0.5) is 0 Å². The Hall–Kier alpha value is 0.640. The van der Waals surface area contributed by atoms with Gasteiger partial charge in [0.05, 0.1) is 8.07 Å². The third kappa shape index (κ3) is 3.62. The normalized spacial score (nSPS) is 26.4. The number of rotatable bonds is 1. The Morgan fingerprint density at radius 1 is 1.00 bits per heavy atom. The fourth-order valence-electron chi connectivity index (χ4n) is 4.98. The second kappa shape index (κ2) is 7.47. The average Bonchev–Trinajstić information content (AvgIpc) is 2.93. The van der Waals surface area contributed by atoms with E-state index in [0.717, 1.165) is 6.42 Å². The summed E-state index contributed by atoms with van der Waals surface area (Å²) < 4.78 is 0. The molecule has 0 aromatic rings. The summed E-state index contributed by atoms with van der Waals surface area (Å²) in [5, 5.41) is 3.39. The van der Waals surface area contributed by atoms with E-state index in [-0.39, 0.29) is 67.3 Å². The summed E-state index contributed by atoms with van der Waals surface area (Å²) in [4.78, 5) is 0. The van der Waals surface area contributed by atoms with Crippen molar-refractivity contribution in [2.45, 2.75) is 74.9 Å². The van der Waals surface area contributed by atoms with Crippen LogP contribution >= 0.6 is 0 Å². The first-order valence-electron chi connectivity index (χ1n) is 9.03. The third-order valence-corrected chi connectivity index (χ3v) is 9.80. The van der Waals surface area contributed by atoms with Gasteiger partial charge < -0.3 is 24.8 Å². The van der Waals surface area contributed by atoms with E-state index in [1.165, 1.54) is 5.57 Å². The van der Waals surface area contributed by atoms with E-state index < -0.39 is 8.07 Å². The first-order valence-corrected chi connectivity index (χ1v) is 12.0. The van der Waals surface area contributed by atoms with Crippen LogP contribution in [0.2, 0.25) is 13.1 Å². The Bertz CT molecular complexity index is 724. The number of allylic oxidation sites excluding steroid dienone is 8. The summed E-state index contributed by atoms with van der Waals surface area (Å²) in [5.41, 5.74) is 6.92. The van der Waals surface area contributed by atoms with Gasteiger partial charge >= 0.3 is 26.2 Å². The first kappa shape index (κ1) is 26.6. The second-order valence-electron chi connectivity index (χ2n) is 10.5. The molecule has 4 aliphatic rings. The molecule has 1 atom stereocenters. The van der Waals surface area contributed by atoms with Gasteiger partial charge in [0.25, 0.3) is 0 Å². The van der Waals surface area contributed by atoms with Gasteiger partial charge in [-0.1, -0.05) is 95.2 Å². The molecule has 2 aliphatic heterocycles. The predicted molar refractivity (Wildman–Crippen MR) is 104 cm³/mol. The molecule has 0 aromatic carbocycles. The van der Waals surface area contributed by atoms with Crippen LogP contribution in [0.5, 0.6) is 0 Å². The van der Waals surface area contributed by atoms with Crippen molar-refractivity contribution in [3.05, 3.63) is 44.8 Å². The third-order valence-electron chi connectivity index (χ3n) is 6.18. The fraction of sp³-hybridized carbons (Fsp3) is 0.636. The summed E-state index contributed by atoms with van der Waals surface area (Å²) in [7, 11) is -1.39. The van der Waals surface area contributed by atoms with E-state index in [1.54, 1.807) is 27.1 Å². The molecule has 4 rings (SSSR count). The zero-order chi connectivity index (χ0) is 17.6. The fourth-order valence-corrected chi connectivity index (χ4v) is 9.32. The maximum absolute atomic E-state index is 4.01. The van der Waals surface area contributed by atoms with Gasteiger partial charge in [-0.2, -0.15) is 10.8 Å². The van der Waals surface area contributed by atoms with Crippen molar-refractivity contribution in [3.8, 4) is 0 Å². The molecule has 0 nitrogen and oxygen atoms in total. The van der Waals surface area contributed by atoms with Gasteiger partial charge in [0, 0.05) is 0 Å². The van der Waals surface area contributed by atoms with Gasteiger partial charge in [-0.05, 0) is 18.8 Å². The van der Waals surface area contributed by atoms with Gasteiger partial charge in [-0.3, -0.25) is 6.08 Å². The van der Waals surface area contributed by atoms with Crippen molar-refractivity contribution < 1.29 is 51.0 Å². The minimum Gasteiger partial charge on any atom is -1.00 e. The zero-order valence-electron chi connectivity index (χ0n) is 18.0. The molecular weight excluding hydrogens is 454 g/mol. The summed E-state index contributed by atoms with van der Waals surface area (Å²) in [6, 6.07) is 0. The van der Waals surface area contributed by atoms with Crippen LogP contribution in [0.3, 0.4) is 0 Å². The van der Waals surface area contributed by atoms with Crippen LogP contribution in [-0.4, -0.2) is 8.07 Å². The zero-order valence-corrected chi connectivity index (χ0v) is 23.0. The Morgan fingerprint density at radius 2 is 1.50 bits per heavy atom. The van der Waals surface area contributed by atoms with Crippen molar-refractivity contribution in [2.75, 3.05) is 0 Å². The second-order valence-corrected chi connectivity index (χ2v) is 14.8. The van der Waals surface area contributed by atoms with Crippen LogP contribution in [0.1, 0.15) is 61.8 Å². The summed E-state index contributed by atoms with van der Waals surface area (Å²) >= 11 is 0. The molecule has 0 saturated heterocycles. The molecule has 2 bridgehead atoms. The topological polar surface area (TPSA) is 0 Å². The van der Waals surface area contributed by atoms with Gasteiger partial charge in [0.15, 0.2) is 0 Å². The van der Waals surface area contributed by atoms with E-state index >= 15 is 0 Å². The van der Waals surface area contributed by atoms with E-state index in [9.17, 15) is 0 Å². The van der Waals surface area contributed by atoms with Crippen molar-refractivity contribution in [1.29, 1.82) is 0 Å². The molecule has 4 heteroatoms. The van der Waals surface area contributed by atoms with E-state index in [0.29, 0.717) is 0 Å². The number of fused-ring (bicyclic) bond motifs is 1. The summed E-state index contributed by atoms with van der Waals surface area (Å²) in [5.74, 6) is 0. The molecule has 143 valence electrons. The molecule has 0 spiro atoms. The molecule has 0 aromatic heterocycles. The predicted octanol–water partition coefficient (Wildman–Crippen LogP) is 0.577. The van der Waals surface area contributed by atoms with E-state index in [2.05, 4.69) is 80.6 Å².